The second-order valence-corrected chi connectivity index (χ2v) is 3.16. The zero-order valence-corrected chi connectivity index (χ0v) is 6.84. The summed E-state index contributed by atoms with van der Waals surface area (Å²) < 4.78 is 0. The number of amides is 1. The Kier molecular flexibility index (Phi) is 2.88. The predicted molar refractivity (Wildman–Crippen MR) is 42.1 cm³/mol. The fourth-order valence-electron chi connectivity index (χ4n) is 1.54. The normalized spacial score (nSPS) is 31.5. The molecule has 0 radical (unpaired) electrons. The van der Waals surface area contributed by atoms with Crippen molar-refractivity contribution in [3.05, 3.63) is 0 Å². The van der Waals surface area contributed by atoms with Crippen LogP contribution in [0, 0.1) is 0 Å². The molecule has 64 valence electrons. The van der Waals surface area contributed by atoms with Crippen LogP contribution >= 0.6 is 0 Å². The Morgan fingerprint density at radius 1 is 1.45 bits per heavy atom. The maximum atomic E-state index is 10.6. The summed E-state index contributed by atoms with van der Waals surface area (Å²) in [4.78, 5) is 10.6. The van der Waals surface area contributed by atoms with Crippen LogP contribution in [0.2, 0.25) is 0 Å². The van der Waals surface area contributed by atoms with E-state index in [0.717, 1.165) is 25.7 Å². The van der Waals surface area contributed by atoms with Crippen LogP contribution in [0.25, 0.3) is 0 Å². The van der Waals surface area contributed by atoms with Gasteiger partial charge in [0.1, 0.15) is 0 Å². The molecule has 0 bridgehead atoms. The van der Waals surface area contributed by atoms with E-state index in [4.69, 9.17) is 0 Å². The third-order valence-electron chi connectivity index (χ3n) is 2.12. The molecule has 3 nitrogen and oxygen atoms in total. The minimum atomic E-state index is -0.326. The first-order valence-electron chi connectivity index (χ1n) is 4.15. The molecule has 0 saturated heterocycles. The SMILES string of the molecule is CC(=O)N[C@@H]1CCCC[C@@H]1O. The number of nitrogens with one attached hydrogen (secondary N) is 1. The van der Waals surface area contributed by atoms with E-state index in [1.54, 1.807) is 0 Å². The maximum absolute atomic E-state index is 10.6. The van der Waals surface area contributed by atoms with Gasteiger partial charge in [0, 0.05) is 6.92 Å². The highest BCUT2D eigenvalue weighted by Gasteiger charge is 2.22. The molecular weight excluding hydrogens is 142 g/mol. The third-order valence-corrected chi connectivity index (χ3v) is 2.12. The second kappa shape index (κ2) is 3.72. The molecule has 0 heterocycles. The molecule has 0 aliphatic heterocycles. The van der Waals surface area contributed by atoms with Crippen molar-refractivity contribution in [2.75, 3.05) is 0 Å². The van der Waals surface area contributed by atoms with E-state index in [2.05, 4.69) is 5.32 Å². The van der Waals surface area contributed by atoms with Crippen LogP contribution in [-0.4, -0.2) is 23.2 Å². The van der Waals surface area contributed by atoms with Crippen molar-refractivity contribution < 1.29 is 9.90 Å². The number of hydrogen-bond donors (Lipinski definition) is 2. The monoisotopic (exact) mass is 157 g/mol. The summed E-state index contributed by atoms with van der Waals surface area (Å²) in [5.74, 6) is -0.0454. The minimum absolute atomic E-state index is 0.00116. The Balaban J connectivity index is 2.35. The molecule has 1 aliphatic rings. The van der Waals surface area contributed by atoms with Gasteiger partial charge in [0.15, 0.2) is 0 Å². The van der Waals surface area contributed by atoms with Gasteiger partial charge in [-0.25, -0.2) is 0 Å². The van der Waals surface area contributed by atoms with Crippen molar-refractivity contribution in [2.45, 2.75) is 44.8 Å². The molecular formula is C8H15NO2. The van der Waals surface area contributed by atoms with Gasteiger partial charge in [-0.05, 0) is 12.8 Å². The highest BCUT2D eigenvalue weighted by atomic mass is 16.3. The number of carbonyl (C=O) groups excluding carboxylic acids is 1. The van der Waals surface area contributed by atoms with Crippen molar-refractivity contribution in [1.82, 2.24) is 5.32 Å². The molecule has 0 spiro atoms. The summed E-state index contributed by atoms with van der Waals surface area (Å²) >= 11 is 0. The van der Waals surface area contributed by atoms with Crippen LogP contribution < -0.4 is 5.32 Å². The highest BCUT2D eigenvalue weighted by molar-refractivity contribution is 5.73. The minimum Gasteiger partial charge on any atom is -0.391 e. The lowest BCUT2D eigenvalue weighted by Gasteiger charge is -2.27. The van der Waals surface area contributed by atoms with Gasteiger partial charge in [-0.3, -0.25) is 4.79 Å². The van der Waals surface area contributed by atoms with Crippen LogP contribution in [0.4, 0.5) is 0 Å². The topological polar surface area (TPSA) is 49.3 Å². The van der Waals surface area contributed by atoms with Crippen molar-refractivity contribution in [3.63, 3.8) is 0 Å². The van der Waals surface area contributed by atoms with E-state index >= 15 is 0 Å². The van der Waals surface area contributed by atoms with Crippen LogP contribution in [0.15, 0.2) is 0 Å². The number of rotatable bonds is 1. The van der Waals surface area contributed by atoms with Crippen LogP contribution in [-0.2, 0) is 4.79 Å². The summed E-state index contributed by atoms with van der Waals surface area (Å²) in [5.41, 5.74) is 0. The standard InChI is InChI=1S/C8H15NO2/c1-6(10)9-7-4-2-3-5-8(7)11/h7-8,11H,2-5H2,1H3,(H,9,10)/t7-,8+/m1/s1. The first kappa shape index (κ1) is 8.53. The average Bonchev–Trinajstić information content (AvgIpc) is 1.93. The highest BCUT2D eigenvalue weighted by Crippen LogP contribution is 2.17. The first-order valence-corrected chi connectivity index (χ1v) is 4.15. The van der Waals surface area contributed by atoms with E-state index in [1.165, 1.54) is 6.92 Å². The van der Waals surface area contributed by atoms with Gasteiger partial charge >= 0.3 is 0 Å². The average molecular weight is 157 g/mol. The molecule has 0 aromatic heterocycles. The summed E-state index contributed by atoms with van der Waals surface area (Å²) in [6, 6.07) is 0.00116. The number of aliphatic hydroxyl groups excluding tert-OH is 1. The Morgan fingerprint density at radius 3 is 2.64 bits per heavy atom. The summed E-state index contributed by atoms with van der Waals surface area (Å²) in [6.45, 7) is 1.49. The quantitative estimate of drug-likeness (QED) is 0.579. The third kappa shape index (κ3) is 2.50. The molecule has 1 fully saturated rings. The van der Waals surface area contributed by atoms with E-state index in [1.807, 2.05) is 0 Å². The second-order valence-electron chi connectivity index (χ2n) is 3.16. The zero-order chi connectivity index (χ0) is 8.27. The number of carbonyl (C=O) groups is 1. The van der Waals surface area contributed by atoms with Gasteiger partial charge in [-0.1, -0.05) is 12.8 Å². The molecule has 2 N–H and O–H groups in total. The van der Waals surface area contributed by atoms with E-state index in [0.29, 0.717) is 0 Å². The zero-order valence-electron chi connectivity index (χ0n) is 6.84. The number of aliphatic hydroxyl groups is 1. The fourth-order valence-corrected chi connectivity index (χ4v) is 1.54. The first-order chi connectivity index (χ1) is 5.20. The van der Waals surface area contributed by atoms with Gasteiger partial charge in [0.05, 0.1) is 12.1 Å². The lowest BCUT2D eigenvalue weighted by Crippen LogP contribution is -2.44. The van der Waals surface area contributed by atoms with Crippen molar-refractivity contribution >= 4 is 5.91 Å². The molecule has 1 aliphatic carbocycles. The maximum Gasteiger partial charge on any atom is 0.217 e. The Morgan fingerprint density at radius 2 is 2.09 bits per heavy atom. The lowest BCUT2D eigenvalue weighted by molar-refractivity contribution is -0.120. The van der Waals surface area contributed by atoms with Gasteiger partial charge < -0.3 is 10.4 Å². The van der Waals surface area contributed by atoms with E-state index in [9.17, 15) is 9.90 Å². The van der Waals surface area contributed by atoms with Crippen LogP contribution in [0.5, 0.6) is 0 Å². The molecule has 0 unspecified atom stereocenters. The van der Waals surface area contributed by atoms with Gasteiger partial charge in [0.25, 0.3) is 0 Å². The Hall–Kier alpha value is -0.570. The predicted octanol–water partition coefficient (Wildman–Crippen LogP) is 0.426. The van der Waals surface area contributed by atoms with E-state index in [-0.39, 0.29) is 18.1 Å². The molecule has 1 saturated carbocycles. The molecule has 11 heavy (non-hydrogen) atoms. The molecule has 0 aromatic rings. The van der Waals surface area contributed by atoms with Crippen molar-refractivity contribution in [3.8, 4) is 0 Å². The lowest BCUT2D eigenvalue weighted by atomic mass is 9.93. The fraction of sp³-hybridized carbons (Fsp3) is 0.875. The summed E-state index contributed by atoms with van der Waals surface area (Å²) in [5, 5.41) is 12.1. The molecule has 3 heteroatoms. The molecule has 0 aromatic carbocycles. The summed E-state index contributed by atoms with van der Waals surface area (Å²) in [6.07, 6.45) is 3.61. The summed E-state index contributed by atoms with van der Waals surface area (Å²) in [7, 11) is 0. The Bertz CT molecular complexity index is 147. The van der Waals surface area contributed by atoms with Gasteiger partial charge in [-0.2, -0.15) is 0 Å². The van der Waals surface area contributed by atoms with Crippen LogP contribution in [0.1, 0.15) is 32.6 Å². The largest absolute Gasteiger partial charge is 0.391 e. The Labute approximate surface area is 66.8 Å². The van der Waals surface area contributed by atoms with Gasteiger partial charge in [-0.15, -0.1) is 0 Å². The van der Waals surface area contributed by atoms with Crippen molar-refractivity contribution in [2.24, 2.45) is 0 Å². The number of hydrogen-bond acceptors (Lipinski definition) is 2. The van der Waals surface area contributed by atoms with E-state index < -0.39 is 0 Å². The van der Waals surface area contributed by atoms with Crippen molar-refractivity contribution in [1.29, 1.82) is 0 Å². The molecule has 1 amide bonds. The smallest absolute Gasteiger partial charge is 0.217 e. The molecule has 1 rings (SSSR count). The van der Waals surface area contributed by atoms with Gasteiger partial charge in [0.2, 0.25) is 5.91 Å². The van der Waals surface area contributed by atoms with Crippen LogP contribution in [0.3, 0.4) is 0 Å². The molecule has 2 atom stereocenters.